The maximum absolute atomic E-state index is 9.22. The van der Waals surface area contributed by atoms with E-state index >= 15 is 0 Å². The van der Waals surface area contributed by atoms with Gasteiger partial charge in [0.25, 0.3) is 0 Å². The normalized spacial score (nSPS) is 10.0. The van der Waals surface area contributed by atoms with Crippen LogP contribution in [0.2, 0.25) is 0 Å². The van der Waals surface area contributed by atoms with Crippen molar-refractivity contribution in [1.82, 2.24) is 4.98 Å². The Morgan fingerprint density at radius 1 is 1.64 bits per heavy atom. The number of hydrogen-bond donors (Lipinski definition) is 3. The van der Waals surface area contributed by atoms with Crippen molar-refractivity contribution < 1.29 is 10.2 Å². The highest BCUT2D eigenvalue weighted by Crippen LogP contribution is 2.25. The average molecular weight is 154 g/mol. The largest absolute Gasteiger partial charge is 0.504 e. The molecule has 0 aromatic carbocycles. The van der Waals surface area contributed by atoms with Gasteiger partial charge in [-0.25, -0.2) is 0 Å². The molecule has 4 N–H and O–H groups in total. The number of pyridine rings is 1. The van der Waals surface area contributed by atoms with Gasteiger partial charge in [0.15, 0.2) is 5.75 Å². The average Bonchev–Trinajstić information content (AvgIpc) is 2.01. The molecule has 4 heteroatoms. The summed E-state index contributed by atoms with van der Waals surface area (Å²) >= 11 is 0. The number of nitrogen functional groups attached to an aromatic ring is 1. The molecule has 0 spiro atoms. The van der Waals surface area contributed by atoms with Gasteiger partial charge in [-0.3, -0.25) is 4.98 Å². The fourth-order valence-electron chi connectivity index (χ4n) is 0.778. The van der Waals surface area contributed by atoms with Crippen LogP contribution in [0.5, 0.6) is 5.75 Å². The van der Waals surface area contributed by atoms with Gasteiger partial charge >= 0.3 is 0 Å². The first-order chi connectivity index (χ1) is 5.16. The third-order valence-electron chi connectivity index (χ3n) is 1.53. The van der Waals surface area contributed by atoms with E-state index in [1.807, 2.05) is 0 Å². The first-order valence-corrected chi connectivity index (χ1v) is 3.20. The van der Waals surface area contributed by atoms with Crippen LogP contribution < -0.4 is 5.73 Å². The second-order valence-corrected chi connectivity index (χ2v) is 2.29. The summed E-state index contributed by atoms with van der Waals surface area (Å²) < 4.78 is 0. The summed E-state index contributed by atoms with van der Waals surface area (Å²) in [6.07, 6.45) is 1.45. The van der Waals surface area contributed by atoms with Gasteiger partial charge in [0.1, 0.15) is 0 Å². The Hall–Kier alpha value is -1.29. The molecule has 1 heterocycles. The highest BCUT2D eigenvalue weighted by molar-refractivity contribution is 5.58. The molecule has 4 nitrogen and oxygen atoms in total. The van der Waals surface area contributed by atoms with Crippen LogP contribution in [-0.2, 0) is 6.61 Å². The number of hydrogen-bond acceptors (Lipinski definition) is 4. The summed E-state index contributed by atoms with van der Waals surface area (Å²) in [7, 11) is 0. The lowest BCUT2D eigenvalue weighted by molar-refractivity contribution is 0.281. The molecule has 1 aromatic rings. The van der Waals surface area contributed by atoms with Crippen LogP contribution in [0.1, 0.15) is 11.3 Å². The van der Waals surface area contributed by atoms with Gasteiger partial charge < -0.3 is 15.9 Å². The van der Waals surface area contributed by atoms with Crippen molar-refractivity contribution in [1.29, 1.82) is 0 Å². The molecule has 0 aliphatic heterocycles. The van der Waals surface area contributed by atoms with Gasteiger partial charge in [-0.2, -0.15) is 0 Å². The van der Waals surface area contributed by atoms with E-state index in [9.17, 15) is 5.11 Å². The highest BCUT2D eigenvalue weighted by Gasteiger charge is 2.06. The monoisotopic (exact) mass is 154 g/mol. The number of aryl methyl sites for hydroxylation is 1. The lowest BCUT2D eigenvalue weighted by Gasteiger charge is -2.05. The maximum atomic E-state index is 9.22. The predicted octanol–water partition coefficient (Wildman–Crippen LogP) is 0.170. The fraction of sp³-hybridized carbons (Fsp3) is 0.286. The van der Waals surface area contributed by atoms with Crippen LogP contribution in [0.15, 0.2) is 6.20 Å². The van der Waals surface area contributed by atoms with Crippen molar-refractivity contribution in [3.05, 3.63) is 17.5 Å². The quantitative estimate of drug-likeness (QED) is 0.538. The molecule has 0 unspecified atom stereocenters. The van der Waals surface area contributed by atoms with E-state index < -0.39 is 0 Å². The lowest BCUT2D eigenvalue weighted by atomic mass is 10.2. The molecule has 0 saturated carbocycles. The minimum atomic E-state index is -0.202. The van der Waals surface area contributed by atoms with E-state index in [0.29, 0.717) is 11.3 Å². The molecule has 0 radical (unpaired) electrons. The number of anilines is 1. The molecule has 0 aliphatic carbocycles. The topological polar surface area (TPSA) is 79.4 Å². The lowest BCUT2D eigenvalue weighted by Crippen LogP contribution is -1.97. The van der Waals surface area contributed by atoms with Crippen LogP contribution in [-0.4, -0.2) is 15.2 Å². The van der Waals surface area contributed by atoms with Gasteiger partial charge in [0, 0.05) is 11.8 Å². The number of aromatic nitrogens is 1. The molecule has 60 valence electrons. The van der Waals surface area contributed by atoms with Crippen molar-refractivity contribution >= 4 is 5.69 Å². The SMILES string of the molecule is Cc1ncc(CO)c(N)c1O. The number of nitrogens with zero attached hydrogens (tertiary/aromatic N) is 1. The fourth-order valence-corrected chi connectivity index (χ4v) is 0.778. The Bertz CT molecular complexity index is 273. The van der Waals surface area contributed by atoms with Gasteiger partial charge in [-0.15, -0.1) is 0 Å². The van der Waals surface area contributed by atoms with Crippen molar-refractivity contribution in [2.45, 2.75) is 13.5 Å². The zero-order valence-corrected chi connectivity index (χ0v) is 6.20. The van der Waals surface area contributed by atoms with Crippen LogP contribution in [0.25, 0.3) is 0 Å². The molecule has 0 amide bonds. The highest BCUT2D eigenvalue weighted by atomic mass is 16.3. The summed E-state index contributed by atoms with van der Waals surface area (Å²) in [4.78, 5) is 3.82. The first kappa shape index (κ1) is 7.81. The molecule has 0 saturated heterocycles. The van der Waals surface area contributed by atoms with Gasteiger partial charge in [-0.1, -0.05) is 0 Å². The van der Waals surface area contributed by atoms with Crippen molar-refractivity contribution in [3.63, 3.8) is 0 Å². The third kappa shape index (κ3) is 1.25. The molecule has 0 bridgehead atoms. The van der Waals surface area contributed by atoms with Gasteiger partial charge in [0.05, 0.1) is 18.0 Å². The second-order valence-electron chi connectivity index (χ2n) is 2.29. The van der Waals surface area contributed by atoms with Crippen LogP contribution in [0, 0.1) is 6.92 Å². The Labute approximate surface area is 64.3 Å². The molecule has 1 rings (SSSR count). The Kier molecular flexibility index (Phi) is 1.96. The number of aliphatic hydroxyl groups is 1. The molecular formula is C7H10N2O2. The Morgan fingerprint density at radius 2 is 2.27 bits per heavy atom. The van der Waals surface area contributed by atoms with Gasteiger partial charge in [0.2, 0.25) is 0 Å². The Balaban J connectivity index is 3.25. The molecule has 11 heavy (non-hydrogen) atoms. The number of aromatic hydroxyl groups is 1. The van der Waals surface area contributed by atoms with E-state index in [4.69, 9.17) is 10.8 Å². The van der Waals surface area contributed by atoms with E-state index in [2.05, 4.69) is 4.98 Å². The zero-order valence-electron chi connectivity index (χ0n) is 6.20. The summed E-state index contributed by atoms with van der Waals surface area (Å²) in [6, 6.07) is 0. The third-order valence-corrected chi connectivity index (χ3v) is 1.53. The minimum Gasteiger partial charge on any atom is -0.504 e. The van der Waals surface area contributed by atoms with E-state index in [0.717, 1.165) is 0 Å². The number of nitrogens with two attached hydrogens (primary N) is 1. The summed E-state index contributed by atoms with van der Waals surface area (Å²) in [5, 5.41) is 17.9. The summed E-state index contributed by atoms with van der Waals surface area (Å²) in [6.45, 7) is 1.44. The first-order valence-electron chi connectivity index (χ1n) is 3.20. The summed E-state index contributed by atoms with van der Waals surface area (Å²) in [5.41, 5.74) is 6.58. The maximum Gasteiger partial charge on any atom is 0.160 e. The number of aliphatic hydroxyl groups excluding tert-OH is 1. The standard InChI is InChI=1S/C7H10N2O2/c1-4-7(11)6(8)5(3-10)2-9-4/h2,10-11H,3H2,1H3,(H2,8,9). The van der Waals surface area contributed by atoms with Gasteiger partial charge in [-0.05, 0) is 6.92 Å². The van der Waals surface area contributed by atoms with E-state index in [-0.39, 0.29) is 18.0 Å². The smallest absolute Gasteiger partial charge is 0.160 e. The van der Waals surface area contributed by atoms with E-state index in [1.165, 1.54) is 6.20 Å². The van der Waals surface area contributed by atoms with Crippen molar-refractivity contribution in [2.24, 2.45) is 0 Å². The summed E-state index contributed by atoms with van der Waals surface area (Å²) in [5.74, 6) is -0.0449. The van der Waals surface area contributed by atoms with Crippen molar-refractivity contribution in [2.75, 3.05) is 5.73 Å². The number of rotatable bonds is 1. The van der Waals surface area contributed by atoms with Crippen LogP contribution >= 0.6 is 0 Å². The van der Waals surface area contributed by atoms with E-state index in [1.54, 1.807) is 6.92 Å². The zero-order chi connectivity index (χ0) is 8.43. The molecule has 0 fully saturated rings. The molecular weight excluding hydrogens is 144 g/mol. The van der Waals surface area contributed by atoms with Crippen LogP contribution in [0.3, 0.4) is 0 Å². The molecule has 0 aliphatic rings. The molecule has 1 aromatic heterocycles. The second kappa shape index (κ2) is 2.75. The van der Waals surface area contributed by atoms with Crippen LogP contribution in [0.4, 0.5) is 5.69 Å². The minimum absolute atomic E-state index is 0.0449. The molecule has 0 atom stereocenters. The van der Waals surface area contributed by atoms with Crippen molar-refractivity contribution in [3.8, 4) is 5.75 Å². The predicted molar refractivity (Wildman–Crippen MR) is 41.0 cm³/mol. The Morgan fingerprint density at radius 3 is 2.82 bits per heavy atom.